The Morgan fingerprint density at radius 1 is 1.52 bits per heavy atom. The molecule has 2 aliphatic rings. The monoisotopic (exact) mass is 316 g/mol. The number of urea groups is 1. The summed E-state index contributed by atoms with van der Waals surface area (Å²) in [5.74, 6) is 1.35. The number of amides is 3. The molecule has 2 atom stereocenters. The van der Waals surface area contributed by atoms with E-state index in [-0.39, 0.29) is 24.5 Å². The van der Waals surface area contributed by atoms with Gasteiger partial charge in [0.1, 0.15) is 12.4 Å². The first kappa shape index (κ1) is 15.8. The number of rotatable bonds is 6. The maximum atomic E-state index is 12.3. The summed E-state index contributed by atoms with van der Waals surface area (Å²) in [6, 6.07) is 3.85. The summed E-state index contributed by atoms with van der Waals surface area (Å²) in [6.45, 7) is 4.88. The molecule has 3 amide bonds. The Labute approximate surface area is 136 Å². The number of aromatic nitrogens is 1. The zero-order valence-corrected chi connectivity index (χ0v) is 13.7. The molecule has 2 fully saturated rings. The number of hydrogen-bond donors (Lipinski definition) is 2. The van der Waals surface area contributed by atoms with Crippen LogP contribution in [0.1, 0.15) is 44.6 Å². The average molecular weight is 316 g/mol. The van der Waals surface area contributed by atoms with Crippen LogP contribution in [0.25, 0.3) is 0 Å². The third-order valence-electron chi connectivity index (χ3n) is 4.84. The van der Waals surface area contributed by atoms with E-state index in [9.17, 15) is 9.59 Å². The van der Waals surface area contributed by atoms with Gasteiger partial charge in [-0.2, -0.15) is 0 Å². The number of carbonyl (C=O) groups is 2. The molecule has 1 aromatic rings. The Morgan fingerprint density at radius 3 is 3.00 bits per heavy atom. The summed E-state index contributed by atoms with van der Waals surface area (Å²) >= 11 is 0. The third-order valence-corrected chi connectivity index (χ3v) is 4.84. The van der Waals surface area contributed by atoms with Gasteiger partial charge in [0.2, 0.25) is 5.91 Å². The molecule has 1 aliphatic heterocycles. The lowest BCUT2D eigenvalue weighted by atomic mass is 9.99. The average Bonchev–Trinajstić information content (AvgIpc) is 3.33. The molecule has 3 rings (SSSR count). The first-order valence-electron chi connectivity index (χ1n) is 8.38. The molecular formula is C17H24N4O2. The molecule has 124 valence electrons. The van der Waals surface area contributed by atoms with Crippen LogP contribution in [0.5, 0.6) is 0 Å². The second-order valence-electron chi connectivity index (χ2n) is 6.56. The Morgan fingerprint density at radius 2 is 2.30 bits per heavy atom. The molecular weight excluding hydrogens is 292 g/mol. The quantitative estimate of drug-likeness (QED) is 0.846. The van der Waals surface area contributed by atoms with Crippen molar-refractivity contribution < 1.29 is 9.59 Å². The van der Waals surface area contributed by atoms with Crippen molar-refractivity contribution in [1.29, 1.82) is 0 Å². The van der Waals surface area contributed by atoms with Crippen molar-refractivity contribution in [3.63, 3.8) is 0 Å². The number of nitrogens with one attached hydrogen (secondary N) is 2. The van der Waals surface area contributed by atoms with Gasteiger partial charge < -0.3 is 15.5 Å². The Kier molecular flexibility index (Phi) is 4.50. The van der Waals surface area contributed by atoms with Crippen molar-refractivity contribution in [3.05, 3.63) is 23.9 Å². The molecule has 1 aliphatic carbocycles. The summed E-state index contributed by atoms with van der Waals surface area (Å²) in [5.41, 5.74) is 1.23. The van der Waals surface area contributed by atoms with Gasteiger partial charge in [-0.05, 0) is 42.4 Å². The molecule has 0 spiro atoms. The lowest BCUT2D eigenvalue weighted by Gasteiger charge is -2.26. The first-order valence-corrected chi connectivity index (χ1v) is 8.38. The van der Waals surface area contributed by atoms with Crippen LogP contribution in [0.2, 0.25) is 0 Å². The lowest BCUT2D eigenvalue weighted by molar-refractivity contribution is -0.117. The Hall–Kier alpha value is -2.11. The van der Waals surface area contributed by atoms with Crippen molar-refractivity contribution >= 4 is 17.8 Å². The van der Waals surface area contributed by atoms with Gasteiger partial charge in [0.05, 0.1) is 6.04 Å². The van der Waals surface area contributed by atoms with E-state index in [1.165, 1.54) is 18.4 Å². The number of carbonyl (C=O) groups excluding carboxylic acids is 2. The molecule has 0 aromatic carbocycles. The summed E-state index contributed by atoms with van der Waals surface area (Å²) in [5, 5.41) is 5.65. The predicted molar refractivity (Wildman–Crippen MR) is 88.2 cm³/mol. The van der Waals surface area contributed by atoms with Gasteiger partial charge in [0.25, 0.3) is 0 Å². The Bertz CT molecular complexity index is 600. The van der Waals surface area contributed by atoms with Crippen molar-refractivity contribution in [2.45, 2.75) is 45.1 Å². The highest BCUT2D eigenvalue weighted by molar-refractivity contribution is 5.94. The normalized spacial score (nSPS) is 21.9. The van der Waals surface area contributed by atoms with Crippen LogP contribution >= 0.6 is 0 Å². The van der Waals surface area contributed by atoms with Crippen LogP contribution in [0, 0.1) is 5.92 Å². The molecule has 6 heteroatoms. The minimum Gasteiger partial charge on any atom is -0.336 e. The fraction of sp³-hybridized carbons (Fsp3) is 0.588. The molecule has 2 heterocycles. The molecule has 23 heavy (non-hydrogen) atoms. The van der Waals surface area contributed by atoms with Crippen molar-refractivity contribution in [2.24, 2.45) is 5.92 Å². The minimum absolute atomic E-state index is 0.0657. The zero-order chi connectivity index (χ0) is 16.4. The topological polar surface area (TPSA) is 74.3 Å². The molecule has 1 saturated heterocycles. The molecule has 6 nitrogen and oxygen atoms in total. The smallest absolute Gasteiger partial charge is 0.318 e. The van der Waals surface area contributed by atoms with Gasteiger partial charge in [0.15, 0.2) is 0 Å². The number of anilines is 1. The molecule has 1 saturated carbocycles. The second-order valence-corrected chi connectivity index (χ2v) is 6.56. The first-order chi connectivity index (χ1) is 11.1. The van der Waals surface area contributed by atoms with E-state index < -0.39 is 0 Å². The van der Waals surface area contributed by atoms with Gasteiger partial charge in [-0.3, -0.25) is 4.79 Å². The van der Waals surface area contributed by atoms with Gasteiger partial charge in [0, 0.05) is 12.7 Å². The third kappa shape index (κ3) is 3.63. The van der Waals surface area contributed by atoms with Gasteiger partial charge in [-0.25, -0.2) is 9.78 Å². The van der Waals surface area contributed by atoms with Crippen LogP contribution in [-0.4, -0.2) is 41.0 Å². The van der Waals surface area contributed by atoms with E-state index in [0.29, 0.717) is 24.2 Å². The minimum atomic E-state index is -0.198. The van der Waals surface area contributed by atoms with Crippen molar-refractivity contribution in [2.75, 3.05) is 18.4 Å². The Balaban J connectivity index is 1.62. The lowest BCUT2D eigenvalue weighted by Crippen LogP contribution is -2.43. The van der Waals surface area contributed by atoms with Crippen LogP contribution < -0.4 is 10.6 Å². The van der Waals surface area contributed by atoms with E-state index in [0.717, 1.165) is 6.42 Å². The largest absolute Gasteiger partial charge is 0.336 e. The number of pyridine rings is 1. The summed E-state index contributed by atoms with van der Waals surface area (Å²) < 4.78 is 0. The summed E-state index contributed by atoms with van der Waals surface area (Å²) in [7, 11) is 0. The van der Waals surface area contributed by atoms with Crippen LogP contribution in [0.4, 0.5) is 10.6 Å². The van der Waals surface area contributed by atoms with Gasteiger partial charge in [-0.15, -0.1) is 0 Å². The van der Waals surface area contributed by atoms with Gasteiger partial charge >= 0.3 is 6.03 Å². The van der Waals surface area contributed by atoms with E-state index in [1.807, 2.05) is 12.1 Å². The van der Waals surface area contributed by atoms with E-state index in [1.54, 1.807) is 11.1 Å². The van der Waals surface area contributed by atoms with Crippen molar-refractivity contribution in [3.8, 4) is 0 Å². The highest BCUT2D eigenvalue weighted by Gasteiger charge is 2.35. The number of nitrogens with zero attached hydrogens (tertiary/aromatic N) is 2. The molecule has 0 unspecified atom stereocenters. The zero-order valence-electron chi connectivity index (χ0n) is 13.7. The fourth-order valence-electron chi connectivity index (χ4n) is 3.05. The van der Waals surface area contributed by atoms with E-state index in [2.05, 4.69) is 29.5 Å². The highest BCUT2D eigenvalue weighted by atomic mass is 16.2. The van der Waals surface area contributed by atoms with Crippen LogP contribution in [0.3, 0.4) is 0 Å². The summed E-state index contributed by atoms with van der Waals surface area (Å²) in [4.78, 5) is 30.1. The van der Waals surface area contributed by atoms with E-state index >= 15 is 0 Å². The molecule has 2 N–H and O–H groups in total. The predicted octanol–water partition coefficient (Wildman–Crippen LogP) is 2.34. The highest BCUT2D eigenvalue weighted by Crippen LogP contribution is 2.40. The molecule has 0 radical (unpaired) electrons. The SMILES string of the molecule is CC[C@H](C)[C@H]1CNC(=O)N1CC(=O)Nc1cc(C2CC2)ccn1. The van der Waals surface area contributed by atoms with Gasteiger partial charge in [-0.1, -0.05) is 20.3 Å². The maximum absolute atomic E-state index is 12.3. The van der Waals surface area contributed by atoms with Crippen LogP contribution in [0.15, 0.2) is 18.3 Å². The van der Waals surface area contributed by atoms with E-state index in [4.69, 9.17) is 0 Å². The maximum Gasteiger partial charge on any atom is 0.318 e. The molecule has 0 bridgehead atoms. The summed E-state index contributed by atoms with van der Waals surface area (Å²) in [6.07, 6.45) is 5.13. The van der Waals surface area contributed by atoms with Crippen molar-refractivity contribution in [1.82, 2.24) is 15.2 Å². The second kappa shape index (κ2) is 6.56. The number of hydrogen-bond acceptors (Lipinski definition) is 3. The standard InChI is InChI=1S/C17H24N4O2/c1-3-11(2)14-9-19-17(23)21(14)10-16(22)20-15-8-13(6-7-18-15)12-4-5-12/h6-8,11-12,14H,3-5,9-10H2,1-2H3,(H,19,23)(H,18,20,22)/t11-,14+/m0/s1. The molecule has 1 aromatic heterocycles. The fourth-order valence-corrected chi connectivity index (χ4v) is 3.05. The van der Waals surface area contributed by atoms with Crippen LogP contribution in [-0.2, 0) is 4.79 Å².